The molecule has 2 aromatic carbocycles. The summed E-state index contributed by atoms with van der Waals surface area (Å²) in [5.41, 5.74) is 11.4. The molecular formula is C46H27N5OS. The molecule has 0 saturated carbocycles. The van der Waals surface area contributed by atoms with Gasteiger partial charge in [-0.05, 0) is 108 Å². The molecule has 2 aliphatic heterocycles. The summed E-state index contributed by atoms with van der Waals surface area (Å²) in [6, 6.07) is 37.3. The number of aromatic hydroxyl groups is 1. The Bertz CT molecular complexity index is 2890. The number of aromatic amines is 1. The van der Waals surface area contributed by atoms with Crippen molar-refractivity contribution in [1.29, 1.82) is 0 Å². The van der Waals surface area contributed by atoms with Gasteiger partial charge in [0.25, 0.3) is 0 Å². The smallest absolute Gasteiger partial charge is 0.115 e. The number of rotatable bonds is 2. The van der Waals surface area contributed by atoms with E-state index in [0.717, 1.165) is 65.3 Å². The van der Waals surface area contributed by atoms with Crippen LogP contribution in [-0.2, 0) is 0 Å². The number of nitrogens with zero attached hydrogens (tertiary/aromatic N) is 4. The lowest BCUT2D eigenvalue weighted by atomic mass is 10.0. The Balaban J connectivity index is 1.42. The van der Waals surface area contributed by atoms with Crippen LogP contribution in [0, 0.1) is 23.7 Å². The number of fused-ring (bicyclic) bond motifs is 8. The summed E-state index contributed by atoms with van der Waals surface area (Å²) in [7, 11) is 0. The molecule has 6 nitrogen and oxygen atoms in total. The Hall–Kier alpha value is -7.32. The van der Waals surface area contributed by atoms with Crippen LogP contribution in [0.4, 0.5) is 0 Å². The van der Waals surface area contributed by atoms with Crippen LogP contribution in [0.15, 0.2) is 128 Å². The monoisotopic (exact) mass is 697 g/mol. The number of phenols is 1. The van der Waals surface area contributed by atoms with Crippen LogP contribution < -0.4 is 0 Å². The van der Waals surface area contributed by atoms with Crippen LogP contribution in [0.25, 0.3) is 67.0 Å². The number of pyridine rings is 2. The van der Waals surface area contributed by atoms with Crippen molar-refractivity contribution in [3.63, 3.8) is 0 Å². The third-order valence-electron chi connectivity index (χ3n) is 8.81. The van der Waals surface area contributed by atoms with Crippen molar-refractivity contribution >= 4 is 56.1 Å². The fourth-order valence-electron chi connectivity index (χ4n) is 6.31. The second kappa shape index (κ2) is 13.8. The largest absolute Gasteiger partial charge is 0.508 e. The molecule has 9 rings (SSSR count). The van der Waals surface area contributed by atoms with Crippen LogP contribution in [0.2, 0.25) is 0 Å². The maximum absolute atomic E-state index is 10.2. The molecule has 7 aromatic rings. The Morgan fingerprint density at radius 1 is 0.472 bits per heavy atom. The number of H-pyrrole nitrogens is 1. The number of thiophene rings is 1. The van der Waals surface area contributed by atoms with Gasteiger partial charge in [-0.15, -0.1) is 11.3 Å². The van der Waals surface area contributed by atoms with E-state index < -0.39 is 0 Å². The molecule has 0 spiro atoms. The molecule has 0 atom stereocenters. The average Bonchev–Trinajstić information content (AvgIpc) is 4.04. The third-order valence-corrected chi connectivity index (χ3v) is 9.93. The van der Waals surface area contributed by atoms with Gasteiger partial charge in [0, 0.05) is 32.9 Å². The second-order valence-corrected chi connectivity index (χ2v) is 13.3. The van der Waals surface area contributed by atoms with E-state index in [0.29, 0.717) is 22.6 Å². The van der Waals surface area contributed by atoms with Crippen LogP contribution in [0.3, 0.4) is 0 Å². The normalized spacial score (nSPS) is 11.4. The minimum atomic E-state index is 0.201. The SMILES string of the molecule is Oc1ccc(-c2c3nc(c(C#Cc4ccccn4)c4ccc([nH]4)c(C#Cc4ccccn4)c4nc(c(-c5ccccc5)c5ccc2s5)C=C4)C=C3)cc1. The van der Waals surface area contributed by atoms with Crippen molar-refractivity contribution in [1.82, 2.24) is 24.9 Å². The topological polar surface area (TPSA) is 87.6 Å². The first-order valence-electron chi connectivity index (χ1n) is 16.9. The van der Waals surface area contributed by atoms with E-state index in [2.05, 4.69) is 69.0 Å². The third kappa shape index (κ3) is 6.41. The number of phenolic OH excluding ortho intramolecular Hbond substituents is 1. The predicted octanol–water partition coefficient (Wildman–Crippen LogP) is 10.0. The molecule has 0 saturated heterocycles. The van der Waals surface area contributed by atoms with Crippen LogP contribution in [0.5, 0.6) is 5.75 Å². The maximum atomic E-state index is 10.2. The van der Waals surface area contributed by atoms with Gasteiger partial charge in [0.2, 0.25) is 0 Å². The minimum absolute atomic E-state index is 0.201. The van der Waals surface area contributed by atoms with Gasteiger partial charge < -0.3 is 10.1 Å². The maximum Gasteiger partial charge on any atom is 0.115 e. The lowest BCUT2D eigenvalue weighted by Crippen LogP contribution is -1.89. The van der Waals surface area contributed by atoms with E-state index in [1.165, 1.54) is 0 Å². The number of hydrogen-bond acceptors (Lipinski definition) is 6. The zero-order valence-electron chi connectivity index (χ0n) is 28.1. The van der Waals surface area contributed by atoms with Crippen LogP contribution in [-0.4, -0.2) is 30.0 Å². The molecule has 8 bridgehead atoms. The molecule has 5 aromatic heterocycles. The summed E-state index contributed by atoms with van der Waals surface area (Å²) in [4.78, 5) is 23.0. The van der Waals surface area contributed by atoms with E-state index in [9.17, 15) is 5.11 Å². The number of hydrogen-bond donors (Lipinski definition) is 2. The minimum Gasteiger partial charge on any atom is -0.508 e. The van der Waals surface area contributed by atoms with Crippen molar-refractivity contribution in [3.8, 4) is 51.7 Å². The molecule has 2 N–H and O–H groups in total. The molecule has 0 radical (unpaired) electrons. The highest BCUT2D eigenvalue weighted by Gasteiger charge is 2.17. The van der Waals surface area contributed by atoms with Gasteiger partial charge in [-0.3, -0.25) is 0 Å². The highest BCUT2D eigenvalue weighted by molar-refractivity contribution is 7.24. The first-order chi connectivity index (χ1) is 26.2. The Morgan fingerprint density at radius 3 is 1.47 bits per heavy atom. The molecule has 7 heterocycles. The van der Waals surface area contributed by atoms with Crippen molar-refractivity contribution < 1.29 is 5.11 Å². The summed E-state index contributed by atoms with van der Waals surface area (Å²) in [6.07, 6.45) is 11.6. The van der Waals surface area contributed by atoms with Gasteiger partial charge in [-0.2, -0.15) is 0 Å². The van der Waals surface area contributed by atoms with Gasteiger partial charge in [-0.25, -0.2) is 19.9 Å². The number of benzene rings is 2. The summed E-state index contributed by atoms with van der Waals surface area (Å²) in [5, 5.41) is 10.2. The Labute approximate surface area is 309 Å². The highest BCUT2D eigenvalue weighted by atomic mass is 32.1. The molecule has 0 amide bonds. The molecule has 2 aliphatic rings. The molecule has 0 fully saturated rings. The summed E-state index contributed by atoms with van der Waals surface area (Å²) >= 11 is 1.68. The summed E-state index contributed by atoms with van der Waals surface area (Å²) < 4.78 is 2.09. The summed E-state index contributed by atoms with van der Waals surface area (Å²) in [5.74, 6) is 13.5. The van der Waals surface area contributed by atoms with Gasteiger partial charge in [0.1, 0.15) is 17.1 Å². The van der Waals surface area contributed by atoms with E-state index in [1.54, 1.807) is 35.9 Å². The fraction of sp³-hybridized carbons (Fsp3) is 0. The zero-order valence-corrected chi connectivity index (χ0v) is 28.9. The average molecular weight is 698 g/mol. The Morgan fingerprint density at radius 2 is 0.962 bits per heavy atom. The second-order valence-electron chi connectivity index (χ2n) is 12.2. The molecule has 53 heavy (non-hydrogen) atoms. The molecule has 248 valence electrons. The summed E-state index contributed by atoms with van der Waals surface area (Å²) in [6.45, 7) is 0. The first kappa shape index (κ1) is 31.6. The lowest BCUT2D eigenvalue weighted by Gasteiger charge is -2.05. The zero-order chi connectivity index (χ0) is 35.6. The van der Waals surface area contributed by atoms with Crippen molar-refractivity contribution in [2.75, 3.05) is 0 Å². The number of nitrogens with one attached hydrogen (secondary N) is 1. The van der Waals surface area contributed by atoms with E-state index in [4.69, 9.17) is 9.97 Å². The Kier molecular flexibility index (Phi) is 8.22. The quantitative estimate of drug-likeness (QED) is 0.176. The van der Waals surface area contributed by atoms with Crippen molar-refractivity contribution in [2.45, 2.75) is 0 Å². The molecular weight excluding hydrogens is 671 g/mol. The fourth-order valence-corrected chi connectivity index (χ4v) is 7.46. The van der Waals surface area contributed by atoms with E-state index in [-0.39, 0.29) is 5.75 Å². The van der Waals surface area contributed by atoms with Gasteiger partial charge >= 0.3 is 0 Å². The van der Waals surface area contributed by atoms with Crippen molar-refractivity contribution in [3.05, 3.63) is 173 Å². The van der Waals surface area contributed by atoms with E-state index >= 15 is 0 Å². The number of aromatic nitrogens is 5. The van der Waals surface area contributed by atoms with Gasteiger partial charge in [-0.1, -0.05) is 66.4 Å². The molecule has 7 heteroatoms. The standard InChI is InChI=1S/C46H27N5OS/c52-34-16-12-31(13-17-34)46-42-25-23-40(51-42)36(19-15-33-11-5-7-29-48-33)38-21-20-37(49-38)35(18-14-32-10-4-6-28-47-32)39-22-24-41(50-39)45(30-8-2-1-3-9-30)43-26-27-44(46)53-43/h1-13,16-17,20-29,49,52H. The first-order valence-corrected chi connectivity index (χ1v) is 17.8. The highest BCUT2D eigenvalue weighted by Crippen LogP contribution is 2.39. The van der Waals surface area contributed by atoms with Gasteiger partial charge in [0.05, 0.1) is 44.9 Å². The molecule has 0 unspecified atom stereocenters. The van der Waals surface area contributed by atoms with Gasteiger partial charge in [0.15, 0.2) is 0 Å². The van der Waals surface area contributed by atoms with Crippen LogP contribution >= 0.6 is 11.3 Å². The predicted molar refractivity (Wildman–Crippen MR) is 215 cm³/mol. The van der Waals surface area contributed by atoms with Crippen molar-refractivity contribution in [2.24, 2.45) is 0 Å². The lowest BCUT2D eigenvalue weighted by molar-refractivity contribution is 0.475. The molecule has 0 aliphatic carbocycles. The van der Waals surface area contributed by atoms with Crippen LogP contribution in [0.1, 0.15) is 45.3 Å². The van der Waals surface area contributed by atoms with E-state index in [1.807, 2.05) is 97.1 Å².